The fourth-order valence-electron chi connectivity index (χ4n) is 0.992. The monoisotopic (exact) mass is 270 g/mol. The van der Waals surface area contributed by atoms with Gasteiger partial charge in [0.25, 0.3) is 10.2 Å². The first-order chi connectivity index (χ1) is 7.94. The van der Waals surface area contributed by atoms with Crippen LogP contribution in [0.1, 0.15) is 0 Å². The fourth-order valence-corrected chi connectivity index (χ4v) is 2.11. The van der Waals surface area contributed by atoms with Crippen molar-refractivity contribution < 1.29 is 27.8 Å². The van der Waals surface area contributed by atoms with Gasteiger partial charge in [0.15, 0.2) is 0 Å². The summed E-state index contributed by atoms with van der Waals surface area (Å²) in [5.74, 6) is -1.22. The molecule has 0 radical (unpaired) electrons. The number of hydrogen-bond acceptors (Lipinski definition) is 5. The zero-order valence-electron chi connectivity index (χ0n) is 9.88. The topological polar surface area (TPSA) is 105 Å². The summed E-state index contributed by atoms with van der Waals surface area (Å²) in [5.41, 5.74) is 0. The van der Waals surface area contributed by atoms with Crippen molar-refractivity contribution in [2.24, 2.45) is 0 Å². The van der Waals surface area contributed by atoms with Crippen molar-refractivity contribution in [3.63, 3.8) is 0 Å². The van der Waals surface area contributed by atoms with Crippen molar-refractivity contribution in [2.75, 3.05) is 47.1 Å². The van der Waals surface area contributed by atoms with E-state index < -0.39 is 22.7 Å². The van der Waals surface area contributed by atoms with E-state index in [9.17, 15) is 13.2 Å². The first-order valence-electron chi connectivity index (χ1n) is 4.88. The van der Waals surface area contributed by atoms with Crippen LogP contribution in [0.3, 0.4) is 0 Å². The Bertz CT molecular complexity index is 318. The number of hydrogen-bond donors (Lipinski definition) is 2. The smallest absolute Gasteiger partial charge is 0.318 e. The van der Waals surface area contributed by atoms with E-state index in [0.717, 1.165) is 4.31 Å². The van der Waals surface area contributed by atoms with Crippen molar-refractivity contribution in [3.8, 4) is 0 Å². The summed E-state index contributed by atoms with van der Waals surface area (Å²) in [6.45, 7) is -0.207. The van der Waals surface area contributed by atoms with E-state index in [1.54, 1.807) is 0 Å². The van der Waals surface area contributed by atoms with E-state index in [0.29, 0.717) is 0 Å². The summed E-state index contributed by atoms with van der Waals surface area (Å²) in [6.07, 6.45) is 0. The minimum atomic E-state index is -3.82. The predicted molar refractivity (Wildman–Crippen MR) is 59.9 cm³/mol. The third-order valence-corrected chi connectivity index (χ3v) is 3.35. The third-order valence-electron chi connectivity index (χ3n) is 1.79. The van der Waals surface area contributed by atoms with Gasteiger partial charge in [-0.2, -0.15) is 17.4 Å². The van der Waals surface area contributed by atoms with Crippen LogP contribution >= 0.6 is 0 Å². The summed E-state index contributed by atoms with van der Waals surface area (Å²) in [6, 6.07) is 0. The lowest BCUT2D eigenvalue weighted by Gasteiger charge is -2.20. The molecule has 0 aliphatic rings. The number of ether oxygens (including phenoxy) is 2. The zero-order chi connectivity index (χ0) is 13.3. The highest BCUT2D eigenvalue weighted by atomic mass is 32.2. The van der Waals surface area contributed by atoms with Crippen LogP contribution in [0.25, 0.3) is 0 Å². The average molecular weight is 270 g/mol. The maximum Gasteiger partial charge on any atom is 0.318 e. The number of carboxylic acids is 1. The predicted octanol–water partition coefficient (Wildman–Crippen LogP) is -1.50. The van der Waals surface area contributed by atoms with Gasteiger partial charge in [0.05, 0.1) is 13.2 Å². The molecule has 0 amide bonds. The first kappa shape index (κ1) is 16.3. The second kappa shape index (κ2) is 8.37. The molecule has 17 heavy (non-hydrogen) atoms. The molecular formula is C8H18N2O6S. The van der Waals surface area contributed by atoms with Crippen LogP contribution in [0.5, 0.6) is 0 Å². The van der Waals surface area contributed by atoms with Gasteiger partial charge in [-0.1, -0.05) is 0 Å². The van der Waals surface area contributed by atoms with E-state index in [-0.39, 0.29) is 26.3 Å². The maximum atomic E-state index is 11.7. The third kappa shape index (κ3) is 7.23. The molecule has 102 valence electrons. The van der Waals surface area contributed by atoms with E-state index in [1.165, 1.54) is 14.2 Å². The number of nitrogens with zero attached hydrogens (tertiary/aromatic N) is 1. The molecule has 0 saturated carbocycles. The number of rotatable bonds is 10. The molecule has 0 aromatic rings. The van der Waals surface area contributed by atoms with Gasteiger partial charge in [-0.3, -0.25) is 4.79 Å². The summed E-state index contributed by atoms with van der Waals surface area (Å²) in [7, 11) is -0.974. The Labute approximate surface area is 101 Å². The standard InChI is InChI=1S/C8H18N2O6S/c1-15-5-3-9-17(13,14)10(4-6-16-2)7-8(11)12/h9H,3-7H2,1-2H3,(H,11,12). The normalized spacial score (nSPS) is 11.9. The van der Waals surface area contributed by atoms with Gasteiger partial charge in [-0.05, 0) is 0 Å². The molecule has 0 fully saturated rings. The molecular weight excluding hydrogens is 252 g/mol. The molecule has 0 aliphatic heterocycles. The Kier molecular flexibility index (Phi) is 8.00. The Morgan fingerprint density at radius 2 is 1.88 bits per heavy atom. The summed E-state index contributed by atoms with van der Waals surface area (Å²) >= 11 is 0. The molecule has 9 heteroatoms. The summed E-state index contributed by atoms with van der Waals surface area (Å²) < 4.78 is 35.8. The van der Waals surface area contributed by atoms with E-state index in [4.69, 9.17) is 14.6 Å². The number of methoxy groups -OCH3 is 2. The van der Waals surface area contributed by atoms with Crippen LogP contribution in [-0.2, 0) is 24.5 Å². The van der Waals surface area contributed by atoms with Crippen LogP contribution in [0.4, 0.5) is 0 Å². The SMILES string of the molecule is COCCNS(=O)(=O)N(CCOC)CC(=O)O. The molecule has 0 spiro atoms. The van der Waals surface area contributed by atoms with Gasteiger partial charge in [0.1, 0.15) is 6.54 Å². The molecule has 0 heterocycles. The van der Waals surface area contributed by atoms with Crippen LogP contribution in [0.15, 0.2) is 0 Å². The second-order valence-electron chi connectivity index (χ2n) is 3.11. The molecule has 0 rings (SSSR count). The van der Waals surface area contributed by atoms with Crippen molar-refractivity contribution in [3.05, 3.63) is 0 Å². The van der Waals surface area contributed by atoms with Crippen LogP contribution in [-0.4, -0.2) is 70.9 Å². The second-order valence-corrected chi connectivity index (χ2v) is 4.87. The molecule has 2 N–H and O–H groups in total. The Balaban J connectivity index is 4.46. The van der Waals surface area contributed by atoms with E-state index in [2.05, 4.69) is 4.72 Å². The number of aliphatic carboxylic acids is 1. The molecule has 0 atom stereocenters. The van der Waals surface area contributed by atoms with Crippen molar-refractivity contribution in [2.45, 2.75) is 0 Å². The fraction of sp³-hybridized carbons (Fsp3) is 0.875. The van der Waals surface area contributed by atoms with Crippen molar-refractivity contribution >= 4 is 16.2 Å². The largest absolute Gasteiger partial charge is 0.480 e. The summed E-state index contributed by atoms with van der Waals surface area (Å²) in [4.78, 5) is 10.6. The van der Waals surface area contributed by atoms with Gasteiger partial charge in [-0.15, -0.1) is 0 Å². The first-order valence-corrected chi connectivity index (χ1v) is 6.32. The minimum Gasteiger partial charge on any atom is -0.480 e. The lowest BCUT2D eigenvalue weighted by molar-refractivity contribution is -0.137. The number of carboxylic acid groups (broad SMARTS) is 1. The highest BCUT2D eigenvalue weighted by Gasteiger charge is 2.23. The molecule has 8 nitrogen and oxygen atoms in total. The highest BCUT2D eigenvalue weighted by molar-refractivity contribution is 7.87. The molecule has 0 aromatic heterocycles. The summed E-state index contributed by atoms with van der Waals surface area (Å²) in [5, 5.41) is 8.62. The molecule has 0 saturated heterocycles. The van der Waals surface area contributed by atoms with E-state index >= 15 is 0 Å². The molecule has 0 aliphatic carbocycles. The van der Waals surface area contributed by atoms with Gasteiger partial charge in [-0.25, -0.2) is 0 Å². The number of nitrogens with one attached hydrogen (secondary N) is 1. The average Bonchev–Trinajstić information content (AvgIpc) is 2.23. The Morgan fingerprint density at radius 3 is 2.35 bits per heavy atom. The van der Waals surface area contributed by atoms with Crippen molar-refractivity contribution in [1.29, 1.82) is 0 Å². The number of carbonyl (C=O) groups is 1. The molecule has 0 bridgehead atoms. The van der Waals surface area contributed by atoms with Gasteiger partial charge >= 0.3 is 5.97 Å². The quantitative estimate of drug-likeness (QED) is 0.468. The Hall–Kier alpha value is -0.740. The van der Waals surface area contributed by atoms with Crippen LogP contribution in [0, 0.1) is 0 Å². The molecule has 0 aromatic carbocycles. The van der Waals surface area contributed by atoms with Gasteiger partial charge < -0.3 is 14.6 Å². The van der Waals surface area contributed by atoms with Gasteiger partial charge in [0.2, 0.25) is 0 Å². The highest BCUT2D eigenvalue weighted by Crippen LogP contribution is 1.97. The Morgan fingerprint density at radius 1 is 1.29 bits per heavy atom. The zero-order valence-corrected chi connectivity index (χ0v) is 10.7. The van der Waals surface area contributed by atoms with Gasteiger partial charge in [0, 0.05) is 27.3 Å². The van der Waals surface area contributed by atoms with Crippen LogP contribution < -0.4 is 4.72 Å². The van der Waals surface area contributed by atoms with Crippen LogP contribution in [0.2, 0.25) is 0 Å². The minimum absolute atomic E-state index is 0.0227. The molecule has 0 unspecified atom stereocenters. The lowest BCUT2D eigenvalue weighted by atomic mass is 10.6. The van der Waals surface area contributed by atoms with Crippen molar-refractivity contribution in [1.82, 2.24) is 9.03 Å². The van der Waals surface area contributed by atoms with E-state index in [1.807, 2.05) is 0 Å². The maximum absolute atomic E-state index is 11.7. The lowest BCUT2D eigenvalue weighted by Crippen LogP contribution is -2.45.